The monoisotopic (exact) mass is 843 g/mol. The number of carbonyl (C=O) groups excluding carboxylic acids is 2. The van der Waals surface area contributed by atoms with Crippen LogP contribution in [-0.4, -0.2) is 88.4 Å². The van der Waals surface area contributed by atoms with E-state index in [1.165, 1.54) is 25.7 Å². The molecule has 0 aromatic carbocycles. The Hall–Kier alpha value is -3.61. The van der Waals surface area contributed by atoms with Gasteiger partial charge in [-0.3, -0.25) is 9.59 Å². The second kappa shape index (κ2) is 38.3. The molecule has 0 saturated carbocycles. The molecule has 6 unspecified atom stereocenters. The van der Waals surface area contributed by atoms with E-state index < -0.39 is 61.3 Å². The summed E-state index contributed by atoms with van der Waals surface area (Å²) >= 11 is 0. The lowest BCUT2D eigenvalue weighted by molar-refractivity contribution is -0.298. The maximum absolute atomic E-state index is 12.8. The highest BCUT2D eigenvalue weighted by atomic mass is 16.7. The van der Waals surface area contributed by atoms with Crippen molar-refractivity contribution in [2.45, 2.75) is 192 Å². The standard InChI is InChI=1S/C49H78O11/c1-3-5-7-9-11-13-15-17-19-20-21-22-24-26-28-30-32-34-36-38-43(51)59-41(40-58-49-46(54)44(52)45(53)47(60-49)48(55)56)39-57-42(50)37-35-33-31-29-27-25-23-18-16-14-12-10-8-6-4-2/h6,8,11-14,17-19,21-23,27,29,41,44-47,49,52-54H,3-5,7,9-10,15-16,20,24-26,28,30-40H2,1-2H3,(H,55,56)/b8-6-,13-11-,14-12-,19-17-,22-21-,23-18-,29-27-. The number of carboxylic acids is 1. The van der Waals surface area contributed by atoms with Crippen LogP contribution in [0.1, 0.15) is 155 Å². The molecular formula is C49H78O11. The molecule has 0 aromatic heterocycles. The van der Waals surface area contributed by atoms with Crippen LogP contribution in [0.5, 0.6) is 0 Å². The van der Waals surface area contributed by atoms with Crippen LogP contribution in [0.3, 0.4) is 0 Å². The fourth-order valence-electron chi connectivity index (χ4n) is 6.17. The number of carbonyl (C=O) groups is 3. The molecule has 11 nitrogen and oxygen atoms in total. The fraction of sp³-hybridized carbons (Fsp3) is 0.653. The van der Waals surface area contributed by atoms with Crippen molar-refractivity contribution in [3.8, 4) is 0 Å². The molecule has 0 spiro atoms. The normalized spacial score (nSPS) is 20.6. The lowest BCUT2D eigenvalue weighted by Crippen LogP contribution is -2.60. The molecule has 1 heterocycles. The molecule has 1 saturated heterocycles. The van der Waals surface area contributed by atoms with E-state index in [-0.39, 0.29) is 19.4 Å². The first-order valence-corrected chi connectivity index (χ1v) is 22.6. The van der Waals surface area contributed by atoms with Gasteiger partial charge in [0.05, 0.1) is 6.61 Å². The Morgan fingerprint density at radius 3 is 1.52 bits per heavy atom. The summed E-state index contributed by atoms with van der Waals surface area (Å²) in [6, 6.07) is 0. The van der Waals surface area contributed by atoms with Crippen LogP contribution in [0.2, 0.25) is 0 Å². The third-order valence-corrected chi connectivity index (χ3v) is 9.73. The Kier molecular flexibility index (Phi) is 34.8. The van der Waals surface area contributed by atoms with E-state index in [1.54, 1.807) is 0 Å². The largest absolute Gasteiger partial charge is 0.479 e. The molecule has 0 aromatic rings. The summed E-state index contributed by atoms with van der Waals surface area (Å²) in [6.07, 6.45) is 40.6. The average Bonchev–Trinajstić information content (AvgIpc) is 3.23. The summed E-state index contributed by atoms with van der Waals surface area (Å²) < 4.78 is 21.7. The first-order chi connectivity index (χ1) is 29.2. The zero-order chi connectivity index (χ0) is 43.9. The Labute approximate surface area is 361 Å². The number of aliphatic hydroxyl groups excluding tert-OH is 3. The smallest absolute Gasteiger partial charge is 0.335 e. The number of ether oxygens (including phenoxy) is 4. The predicted octanol–water partition coefficient (Wildman–Crippen LogP) is 9.87. The molecule has 0 amide bonds. The lowest BCUT2D eigenvalue weighted by atomic mass is 9.99. The number of rotatable bonds is 36. The van der Waals surface area contributed by atoms with Crippen molar-refractivity contribution < 1.29 is 53.8 Å². The van der Waals surface area contributed by atoms with Crippen LogP contribution in [0.15, 0.2) is 85.1 Å². The molecule has 1 rings (SSSR count). The zero-order valence-electron chi connectivity index (χ0n) is 36.7. The van der Waals surface area contributed by atoms with Crippen LogP contribution in [0, 0.1) is 0 Å². The van der Waals surface area contributed by atoms with Crippen LogP contribution >= 0.6 is 0 Å². The second-order valence-corrected chi connectivity index (χ2v) is 15.2. The summed E-state index contributed by atoms with van der Waals surface area (Å²) in [4.78, 5) is 36.8. The Morgan fingerprint density at radius 2 is 0.983 bits per heavy atom. The molecule has 0 aliphatic carbocycles. The maximum Gasteiger partial charge on any atom is 0.335 e. The lowest BCUT2D eigenvalue weighted by Gasteiger charge is -2.38. The minimum absolute atomic E-state index is 0.154. The van der Waals surface area contributed by atoms with Gasteiger partial charge in [-0.15, -0.1) is 0 Å². The van der Waals surface area contributed by atoms with Gasteiger partial charge in [0.25, 0.3) is 0 Å². The van der Waals surface area contributed by atoms with Crippen molar-refractivity contribution in [2.75, 3.05) is 13.2 Å². The van der Waals surface area contributed by atoms with E-state index in [9.17, 15) is 34.8 Å². The molecule has 1 fully saturated rings. The third-order valence-electron chi connectivity index (χ3n) is 9.73. The minimum Gasteiger partial charge on any atom is -0.479 e. The Bertz CT molecular complexity index is 1310. The summed E-state index contributed by atoms with van der Waals surface area (Å²) in [7, 11) is 0. The maximum atomic E-state index is 12.8. The average molecular weight is 843 g/mol. The molecule has 60 heavy (non-hydrogen) atoms. The number of unbranched alkanes of at least 4 members (excludes halogenated alkanes) is 11. The molecule has 340 valence electrons. The van der Waals surface area contributed by atoms with Crippen molar-refractivity contribution in [2.24, 2.45) is 0 Å². The van der Waals surface area contributed by atoms with E-state index in [0.717, 1.165) is 89.9 Å². The van der Waals surface area contributed by atoms with Gasteiger partial charge < -0.3 is 39.4 Å². The fourth-order valence-corrected chi connectivity index (χ4v) is 6.17. The first kappa shape index (κ1) is 54.4. The Balaban J connectivity index is 2.41. The summed E-state index contributed by atoms with van der Waals surface area (Å²) in [5, 5.41) is 39.8. The third kappa shape index (κ3) is 29.6. The highest BCUT2D eigenvalue weighted by Gasteiger charge is 2.47. The molecule has 11 heteroatoms. The number of hydrogen-bond donors (Lipinski definition) is 4. The zero-order valence-corrected chi connectivity index (χ0v) is 36.7. The van der Waals surface area contributed by atoms with Crippen LogP contribution in [0.4, 0.5) is 0 Å². The van der Waals surface area contributed by atoms with Gasteiger partial charge in [-0.1, -0.05) is 137 Å². The van der Waals surface area contributed by atoms with Gasteiger partial charge in [0, 0.05) is 12.8 Å². The molecule has 4 N–H and O–H groups in total. The Morgan fingerprint density at radius 1 is 0.533 bits per heavy atom. The minimum atomic E-state index is -1.87. The van der Waals surface area contributed by atoms with Crippen molar-refractivity contribution in [3.63, 3.8) is 0 Å². The highest BCUT2D eigenvalue weighted by Crippen LogP contribution is 2.23. The SMILES string of the molecule is CC/C=C\C/C=C\C/C=C\C/C=C\CCCCC(=O)OCC(COC1OC(C(=O)O)C(O)C(O)C1O)OC(=O)CCCCCCCC/C=C\C/C=C\C/C=C\CCCCC. The van der Waals surface area contributed by atoms with Crippen molar-refractivity contribution in [1.29, 1.82) is 0 Å². The van der Waals surface area contributed by atoms with Gasteiger partial charge in [0.1, 0.15) is 24.9 Å². The van der Waals surface area contributed by atoms with Gasteiger partial charge in [-0.2, -0.15) is 0 Å². The molecule has 1 aliphatic rings. The summed E-state index contributed by atoms with van der Waals surface area (Å²) in [5.74, 6) is -2.53. The van der Waals surface area contributed by atoms with Gasteiger partial charge in [-0.05, 0) is 89.9 Å². The molecule has 0 bridgehead atoms. The van der Waals surface area contributed by atoms with Crippen LogP contribution in [0.25, 0.3) is 0 Å². The van der Waals surface area contributed by atoms with E-state index in [2.05, 4.69) is 98.9 Å². The molecular weight excluding hydrogens is 765 g/mol. The topological polar surface area (TPSA) is 169 Å². The number of carboxylic acid groups (broad SMARTS) is 1. The number of aliphatic carboxylic acids is 1. The molecule has 6 atom stereocenters. The number of hydrogen-bond acceptors (Lipinski definition) is 10. The number of aliphatic hydroxyl groups is 3. The quantitative estimate of drug-likeness (QED) is 0.0269. The van der Waals surface area contributed by atoms with Crippen LogP contribution in [-0.2, 0) is 33.3 Å². The molecule has 1 aliphatic heterocycles. The predicted molar refractivity (Wildman–Crippen MR) is 238 cm³/mol. The number of esters is 2. The van der Waals surface area contributed by atoms with Crippen molar-refractivity contribution in [3.05, 3.63) is 85.1 Å². The number of allylic oxidation sites excluding steroid dienone is 14. The van der Waals surface area contributed by atoms with Gasteiger partial charge in [0.2, 0.25) is 0 Å². The summed E-state index contributed by atoms with van der Waals surface area (Å²) in [6.45, 7) is 3.61. The highest BCUT2D eigenvalue weighted by molar-refractivity contribution is 5.73. The summed E-state index contributed by atoms with van der Waals surface area (Å²) in [5.41, 5.74) is 0. The van der Waals surface area contributed by atoms with Gasteiger partial charge in [-0.25, -0.2) is 4.79 Å². The first-order valence-electron chi connectivity index (χ1n) is 22.6. The van der Waals surface area contributed by atoms with E-state index in [4.69, 9.17) is 18.9 Å². The van der Waals surface area contributed by atoms with Crippen molar-refractivity contribution in [1.82, 2.24) is 0 Å². The van der Waals surface area contributed by atoms with E-state index in [0.29, 0.717) is 12.8 Å². The van der Waals surface area contributed by atoms with Crippen molar-refractivity contribution >= 4 is 17.9 Å². The van der Waals surface area contributed by atoms with Gasteiger partial charge >= 0.3 is 17.9 Å². The van der Waals surface area contributed by atoms with E-state index >= 15 is 0 Å². The second-order valence-electron chi connectivity index (χ2n) is 15.2. The van der Waals surface area contributed by atoms with Gasteiger partial charge in [0.15, 0.2) is 18.5 Å². The van der Waals surface area contributed by atoms with E-state index in [1.807, 2.05) is 0 Å². The molecule has 0 radical (unpaired) electrons. The van der Waals surface area contributed by atoms with Crippen LogP contribution < -0.4 is 0 Å².